The van der Waals surface area contributed by atoms with Crippen LogP contribution in [0.2, 0.25) is 5.02 Å². The summed E-state index contributed by atoms with van der Waals surface area (Å²) in [6.45, 7) is 1.90. The lowest BCUT2D eigenvalue weighted by Gasteiger charge is -2.07. The zero-order valence-electron chi connectivity index (χ0n) is 19.5. The Bertz CT molecular complexity index is 1780. The number of halogens is 2. The van der Waals surface area contributed by atoms with Crippen LogP contribution in [0.15, 0.2) is 72.0 Å². The number of carbonyl (C=O) groups excluding carboxylic acids is 1. The molecule has 3 aromatic heterocycles. The molecule has 2 N–H and O–H groups in total. The molecule has 37 heavy (non-hydrogen) atoms. The molecule has 10 nitrogen and oxygen atoms in total. The second-order valence-electron chi connectivity index (χ2n) is 8.20. The molecular weight excluding hydrogens is 521 g/mol. The van der Waals surface area contributed by atoms with Gasteiger partial charge in [-0.25, -0.2) is 22.5 Å². The van der Waals surface area contributed by atoms with Crippen LogP contribution in [0.25, 0.3) is 16.7 Å². The molecule has 0 aliphatic carbocycles. The summed E-state index contributed by atoms with van der Waals surface area (Å²) >= 11 is 5.79. The number of fused-ring (bicyclic) bond motifs is 1. The van der Waals surface area contributed by atoms with Crippen LogP contribution < -0.4 is 10.0 Å². The molecule has 0 fully saturated rings. The zero-order valence-corrected chi connectivity index (χ0v) is 21.0. The number of aromatic nitrogens is 5. The molecule has 0 saturated carbocycles. The summed E-state index contributed by atoms with van der Waals surface area (Å²) in [5, 5.41) is 11.5. The fourth-order valence-corrected chi connectivity index (χ4v) is 4.89. The number of nitrogens with zero attached hydrogens (tertiary/aromatic N) is 5. The predicted molar refractivity (Wildman–Crippen MR) is 137 cm³/mol. The van der Waals surface area contributed by atoms with Crippen molar-refractivity contribution in [3.05, 3.63) is 89.2 Å². The van der Waals surface area contributed by atoms with E-state index in [1.807, 2.05) is 13.0 Å². The van der Waals surface area contributed by atoms with Gasteiger partial charge in [0, 0.05) is 24.3 Å². The van der Waals surface area contributed by atoms with Crippen molar-refractivity contribution < 1.29 is 17.6 Å². The van der Waals surface area contributed by atoms with Gasteiger partial charge in [0.25, 0.3) is 15.9 Å². The molecule has 5 aromatic rings. The minimum absolute atomic E-state index is 0.0463. The van der Waals surface area contributed by atoms with Gasteiger partial charge in [-0.3, -0.25) is 14.2 Å². The van der Waals surface area contributed by atoms with Crippen LogP contribution >= 0.6 is 11.6 Å². The standard InChI is InChI=1S/C24H19ClFN7O3S/c1-14-7-8-27-22(9-14)33-13-17(12-28-33)37(35,36)31-16-3-5-18-21(11-16)30-32(2)23(18)24(34)29-15-4-6-20(26)19(25)10-15/h3-13,31H,1-2H3,(H,29,34). The van der Waals surface area contributed by atoms with E-state index in [9.17, 15) is 17.6 Å². The van der Waals surface area contributed by atoms with Crippen molar-refractivity contribution in [2.75, 3.05) is 10.0 Å². The van der Waals surface area contributed by atoms with Crippen molar-refractivity contribution in [3.63, 3.8) is 0 Å². The molecule has 0 aliphatic heterocycles. The number of aryl methyl sites for hydroxylation is 2. The summed E-state index contributed by atoms with van der Waals surface area (Å²) in [6, 6.07) is 12.1. The Hall–Kier alpha value is -4.29. The number of carbonyl (C=O) groups is 1. The van der Waals surface area contributed by atoms with Gasteiger partial charge < -0.3 is 5.32 Å². The summed E-state index contributed by atoms with van der Waals surface area (Å²) < 4.78 is 44.6. The maximum Gasteiger partial charge on any atom is 0.274 e. The molecule has 0 saturated heterocycles. The first-order valence-corrected chi connectivity index (χ1v) is 12.7. The molecule has 0 spiro atoms. The third-order valence-electron chi connectivity index (χ3n) is 5.48. The summed E-state index contributed by atoms with van der Waals surface area (Å²) in [6.07, 6.45) is 4.22. The number of pyridine rings is 1. The first-order valence-electron chi connectivity index (χ1n) is 10.8. The van der Waals surface area contributed by atoms with Gasteiger partial charge in [0.15, 0.2) is 5.82 Å². The summed E-state index contributed by atoms with van der Waals surface area (Å²) in [4.78, 5) is 17.1. The third-order valence-corrected chi connectivity index (χ3v) is 7.11. The Morgan fingerprint density at radius 1 is 1.08 bits per heavy atom. The average Bonchev–Trinajstić information content (AvgIpc) is 3.46. The number of rotatable bonds is 6. The van der Waals surface area contributed by atoms with Gasteiger partial charge in [0.05, 0.1) is 28.6 Å². The van der Waals surface area contributed by atoms with Gasteiger partial charge in [0.1, 0.15) is 16.4 Å². The second kappa shape index (κ2) is 9.30. The van der Waals surface area contributed by atoms with E-state index in [4.69, 9.17) is 11.6 Å². The highest BCUT2D eigenvalue weighted by atomic mass is 35.5. The van der Waals surface area contributed by atoms with Crippen LogP contribution in [-0.2, 0) is 17.1 Å². The molecule has 0 radical (unpaired) electrons. The topological polar surface area (TPSA) is 124 Å². The smallest absolute Gasteiger partial charge is 0.274 e. The van der Waals surface area contributed by atoms with Gasteiger partial charge in [-0.15, -0.1) is 0 Å². The van der Waals surface area contributed by atoms with Crippen molar-refractivity contribution in [1.29, 1.82) is 0 Å². The highest BCUT2D eigenvalue weighted by Crippen LogP contribution is 2.26. The zero-order chi connectivity index (χ0) is 26.3. The Morgan fingerprint density at radius 3 is 2.62 bits per heavy atom. The number of benzene rings is 2. The van der Waals surface area contributed by atoms with E-state index in [-0.39, 0.29) is 21.3 Å². The van der Waals surface area contributed by atoms with Crippen LogP contribution in [0.5, 0.6) is 0 Å². The highest BCUT2D eigenvalue weighted by Gasteiger charge is 2.21. The summed E-state index contributed by atoms with van der Waals surface area (Å²) in [5.74, 6) is -0.594. The molecule has 188 valence electrons. The molecule has 0 bridgehead atoms. The van der Waals surface area contributed by atoms with Gasteiger partial charge in [0.2, 0.25) is 0 Å². The number of sulfonamides is 1. The first kappa shape index (κ1) is 24.4. The molecule has 0 atom stereocenters. The van der Waals surface area contributed by atoms with Crippen LogP contribution in [-0.4, -0.2) is 38.9 Å². The molecular formula is C24H19ClFN7O3S. The van der Waals surface area contributed by atoms with Gasteiger partial charge in [-0.1, -0.05) is 11.6 Å². The predicted octanol–water partition coefficient (Wildman–Crippen LogP) is 4.31. The Balaban J connectivity index is 1.39. The largest absolute Gasteiger partial charge is 0.321 e. The van der Waals surface area contributed by atoms with Crippen LogP contribution in [0.4, 0.5) is 15.8 Å². The molecule has 3 heterocycles. The first-order chi connectivity index (χ1) is 17.6. The molecule has 0 unspecified atom stereocenters. The van der Waals surface area contributed by atoms with Crippen molar-refractivity contribution in [2.24, 2.45) is 7.05 Å². The number of nitrogens with one attached hydrogen (secondary N) is 2. The number of hydrogen-bond acceptors (Lipinski definition) is 6. The Labute approximate surface area is 215 Å². The monoisotopic (exact) mass is 539 g/mol. The van der Waals surface area contributed by atoms with Crippen LogP contribution in [0.3, 0.4) is 0 Å². The average molecular weight is 540 g/mol. The van der Waals surface area contributed by atoms with Gasteiger partial charge in [-0.05, 0) is 61.0 Å². The van der Waals surface area contributed by atoms with E-state index in [1.165, 1.54) is 46.0 Å². The quantitative estimate of drug-likeness (QED) is 0.331. The van der Waals surface area contributed by atoms with Gasteiger partial charge >= 0.3 is 0 Å². The maximum atomic E-state index is 13.4. The fraction of sp³-hybridized carbons (Fsp3) is 0.0833. The summed E-state index contributed by atoms with van der Waals surface area (Å²) in [5.41, 5.74) is 2.16. The second-order valence-corrected chi connectivity index (χ2v) is 10.3. The Kier molecular flexibility index (Phi) is 6.13. The SMILES string of the molecule is Cc1ccnc(-n2cc(S(=O)(=O)Nc3ccc4c(C(=O)Nc5ccc(F)c(Cl)c5)n(C)nc4c3)cn2)c1. The van der Waals surface area contributed by atoms with E-state index in [0.29, 0.717) is 22.4 Å². The lowest BCUT2D eigenvalue weighted by molar-refractivity contribution is 0.101. The number of amides is 1. The van der Waals surface area contributed by atoms with Crippen LogP contribution in [0.1, 0.15) is 16.1 Å². The van der Waals surface area contributed by atoms with Crippen molar-refractivity contribution in [3.8, 4) is 5.82 Å². The van der Waals surface area contributed by atoms with Crippen molar-refractivity contribution >= 4 is 49.8 Å². The lowest BCUT2D eigenvalue weighted by atomic mass is 10.2. The van der Waals surface area contributed by atoms with Crippen molar-refractivity contribution in [2.45, 2.75) is 11.8 Å². The number of anilines is 2. The van der Waals surface area contributed by atoms with E-state index in [0.717, 1.165) is 11.6 Å². The molecule has 0 aliphatic rings. The maximum absolute atomic E-state index is 13.4. The normalized spacial score (nSPS) is 11.6. The Morgan fingerprint density at radius 2 is 1.86 bits per heavy atom. The molecule has 2 aromatic carbocycles. The van der Waals surface area contributed by atoms with E-state index >= 15 is 0 Å². The van der Waals surface area contributed by atoms with E-state index in [2.05, 4.69) is 25.2 Å². The molecule has 1 amide bonds. The molecule has 13 heteroatoms. The molecule has 5 rings (SSSR count). The summed E-state index contributed by atoms with van der Waals surface area (Å²) in [7, 11) is -2.38. The highest BCUT2D eigenvalue weighted by molar-refractivity contribution is 7.92. The van der Waals surface area contributed by atoms with Crippen LogP contribution in [0, 0.1) is 12.7 Å². The van der Waals surface area contributed by atoms with E-state index in [1.54, 1.807) is 25.4 Å². The van der Waals surface area contributed by atoms with Crippen molar-refractivity contribution in [1.82, 2.24) is 24.5 Å². The minimum Gasteiger partial charge on any atom is -0.321 e. The van der Waals surface area contributed by atoms with E-state index < -0.39 is 21.7 Å². The minimum atomic E-state index is -3.97. The van der Waals surface area contributed by atoms with Gasteiger partial charge in [-0.2, -0.15) is 10.2 Å². The third kappa shape index (κ3) is 4.88. The number of hydrogen-bond donors (Lipinski definition) is 2. The lowest BCUT2D eigenvalue weighted by Crippen LogP contribution is -2.16. The fourth-order valence-electron chi connectivity index (χ4n) is 3.73.